The SMILES string of the molecule is CO[C]1Cc2ccccc2C1. The van der Waals surface area contributed by atoms with Gasteiger partial charge in [0.25, 0.3) is 0 Å². The Morgan fingerprint density at radius 2 is 1.64 bits per heavy atom. The summed E-state index contributed by atoms with van der Waals surface area (Å²) < 4.78 is 5.21. The highest BCUT2D eigenvalue weighted by atomic mass is 16.5. The average molecular weight is 147 g/mol. The molecule has 1 nitrogen and oxygen atoms in total. The topological polar surface area (TPSA) is 9.23 Å². The molecule has 1 heteroatoms. The highest BCUT2D eigenvalue weighted by Crippen LogP contribution is 2.27. The lowest BCUT2D eigenvalue weighted by Gasteiger charge is -2.01. The molecule has 0 spiro atoms. The van der Waals surface area contributed by atoms with E-state index in [9.17, 15) is 0 Å². The summed E-state index contributed by atoms with van der Waals surface area (Å²) in [5.41, 5.74) is 2.84. The van der Waals surface area contributed by atoms with Gasteiger partial charge in [-0.15, -0.1) is 0 Å². The molecule has 0 N–H and O–H groups in total. The first-order chi connectivity index (χ1) is 5.40. The average Bonchev–Trinajstić information content (AvgIpc) is 2.46. The van der Waals surface area contributed by atoms with Crippen LogP contribution in [0.3, 0.4) is 0 Å². The second-order valence-corrected chi connectivity index (χ2v) is 2.87. The summed E-state index contributed by atoms with van der Waals surface area (Å²) in [7, 11) is 1.75. The predicted octanol–water partition coefficient (Wildman–Crippen LogP) is 1.96. The Kier molecular flexibility index (Phi) is 1.66. The van der Waals surface area contributed by atoms with Gasteiger partial charge in [-0.25, -0.2) is 0 Å². The molecule has 0 saturated heterocycles. The molecule has 1 aliphatic rings. The van der Waals surface area contributed by atoms with Crippen LogP contribution in [0.5, 0.6) is 0 Å². The molecule has 0 atom stereocenters. The molecule has 0 saturated carbocycles. The van der Waals surface area contributed by atoms with Crippen molar-refractivity contribution < 1.29 is 4.74 Å². The summed E-state index contributed by atoms with van der Waals surface area (Å²) in [5, 5.41) is 0. The second-order valence-electron chi connectivity index (χ2n) is 2.87. The van der Waals surface area contributed by atoms with Crippen molar-refractivity contribution in [3.05, 3.63) is 41.5 Å². The van der Waals surface area contributed by atoms with Gasteiger partial charge in [-0.2, -0.15) is 0 Å². The van der Waals surface area contributed by atoms with Crippen LogP contribution in [0.25, 0.3) is 0 Å². The maximum absolute atomic E-state index is 5.21. The van der Waals surface area contributed by atoms with Crippen molar-refractivity contribution in [2.45, 2.75) is 12.8 Å². The molecule has 0 unspecified atom stereocenters. The summed E-state index contributed by atoms with van der Waals surface area (Å²) in [5.74, 6) is 0. The highest BCUT2D eigenvalue weighted by Gasteiger charge is 2.20. The Balaban J connectivity index is 2.27. The van der Waals surface area contributed by atoms with Gasteiger partial charge in [-0.1, -0.05) is 24.3 Å². The van der Waals surface area contributed by atoms with Crippen LogP contribution in [0.1, 0.15) is 11.1 Å². The van der Waals surface area contributed by atoms with Gasteiger partial charge in [0.15, 0.2) is 0 Å². The molecule has 1 aliphatic carbocycles. The Hall–Kier alpha value is -0.820. The Bertz CT molecular complexity index is 230. The molecular formula is C10H11O. The maximum atomic E-state index is 5.21. The lowest BCUT2D eigenvalue weighted by molar-refractivity contribution is 0.206. The first-order valence-corrected chi connectivity index (χ1v) is 3.85. The quantitative estimate of drug-likeness (QED) is 0.590. The maximum Gasteiger partial charge on any atom is 0.105 e. The lowest BCUT2D eigenvalue weighted by atomic mass is 10.1. The van der Waals surface area contributed by atoms with Crippen LogP contribution in [0.2, 0.25) is 0 Å². The zero-order valence-electron chi connectivity index (χ0n) is 6.63. The molecule has 0 amide bonds. The normalized spacial score (nSPS) is 16.8. The van der Waals surface area contributed by atoms with E-state index in [-0.39, 0.29) is 0 Å². The van der Waals surface area contributed by atoms with E-state index in [1.165, 1.54) is 17.2 Å². The van der Waals surface area contributed by atoms with Gasteiger partial charge in [-0.3, -0.25) is 0 Å². The number of ether oxygens (including phenoxy) is 1. The monoisotopic (exact) mass is 147 g/mol. The van der Waals surface area contributed by atoms with Gasteiger partial charge in [0.05, 0.1) is 0 Å². The van der Waals surface area contributed by atoms with Gasteiger partial charge in [0.2, 0.25) is 0 Å². The van der Waals surface area contributed by atoms with Crippen LogP contribution < -0.4 is 0 Å². The zero-order chi connectivity index (χ0) is 7.68. The molecule has 0 heterocycles. The molecule has 1 radical (unpaired) electrons. The van der Waals surface area contributed by atoms with Crippen molar-refractivity contribution in [1.29, 1.82) is 0 Å². The van der Waals surface area contributed by atoms with E-state index in [2.05, 4.69) is 24.3 Å². The number of fused-ring (bicyclic) bond motifs is 1. The van der Waals surface area contributed by atoms with E-state index in [0.29, 0.717) is 0 Å². The van der Waals surface area contributed by atoms with E-state index < -0.39 is 0 Å². The van der Waals surface area contributed by atoms with Gasteiger partial charge < -0.3 is 4.74 Å². The smallest absolute Gasteiger partial charge is 0.105 e. The summed E-state index contributed by atoms with van der Waals surface area (Å²) in [4.78, 5) is 0. The summed E-state index contributed by atoms with van der Waals surface area (Å²) in [6, 6.07) is 8.50. The molecule has 1 aromatic carbocycles. The fourth-order valence-corrected chi connectivity index (χ4v) is 1.53. The summed E-state index contributed by atoms with van der Waals surface area (Å²) in [6.45, 7) is 0. The van der Waals surface area contributed by atoms with E-state index >= 15 is 0 Å². The predicted molar refractivity (Wildman–Crippen MR) is 44.1 cm³/mol. The molecule has 0 bridgehead atoms. The van der Waals surface area contributed by atoms with Crippen LogP contribution >= 0.6 is 0 Å². The number of rotatable bonds is 1. The van der Waals surface area contributed by atoms with Crippen LogP contribution in [0.15, 0.2) is 24.3 Å². The van der Waals surface area contributed by atoms with Crippen LogP contribution in [-0.2, 0) is 17.6 Å². The van der Waals surface area contributed by atoms with E-state index in [0.717, 1.165) is 12.8 Å². The first kappa shape index (κ1) is 6.86. The van der Waals surface area contributed by atoms with Crippen LogP contribution in [0.4, 0.5) is 0 Å². The minimum atomic E-state index is 1.01. The van der Waals surface area contributed by atoms with Crippen molar-refractivity contribution >= 4 is 0 Å². The van der Waals surface area contributed by atoms with Crippen molar-refractivity contribution in [3.63, 3.8) is 0 Å². The minimum absolute atomic E-state index is 1.01. The standard InChI is InChI=1S/C10H11O/c1-11-10-6-8-4-2-3-5-9(8)7-10/h2-5H,6-7H2,1H3. The summed E-state index contributed by atoms with van der Waals surface area (Å²) >= 11 is 0. The van der Waals surface area contributed by atoms with Gasteiger partial charge in [0.1, 0.15) is 6.10 Å². The third-order valence-electron chi connectivity index (χ3n) is 2.18. The molecular weight excluding hydrogens is 136 g/mol. The molecule has 2 rings (SSSR count). The third kappa shape index (κ3) is 1.16. The van der Waals surface area contributed by atoms with Crippen molar-refractivity contribution in [2.75, 3.05) is 7.11 Å². The molecule has 0 fully saturated rings. The largest absolute Gasteiger partial charge is 0.375 e. The van der Waals surface area contributed by atoms with Gasteiger partial charge in [-0.05, 0) is 11.1 Å². The van der Waals surface area contributed by atoms with E-state index in [1.54, 1.807) is 7.11 Å². The lowest BCUT2D eigenvalue weighted by Crippen LogP contribution is -1.97. The molecule has 0 aromatic heterocycles. The highest BCUT2D eigenvalue weighted by molar-refractivity contribution is 5.36. The molecule has 1 aromatic rings. The third-order valence-corrected chi connectivity index (χ3v) is 2.18. The number of methoxy groups -OCH3 is 1. The minimum Gasteiger partial charge on any atom is -0.375 e. The fraction of sp³-hybridized carbons (Fsp3) is 0.300. The molecule has 0 aliphatic heterocycles. The molecule has 11 heavy (non-hydrogen) atoms. The van der Waals surface area contributed by atoms with E-state index in [1.807, 2.05) is 0 Å². The second kappa shape index (κ2) is 2.67. The number of hydrogen-bond donors (Lipinski definition) is 0. The number of hydrogen-bond acceptors (Lipinski definition) is 1. The van der Waals surface area contributed by atoms with Crippen molar-refractivity contribution in [2.24, 2.45) is 0 Å². The van der Waals surface area contributed by atoms with E-state index in [4.69, 9.17) is 4.74 Å². The zero-order valence-corrected chi connectivity index (χ0v) is 6.63. The Morgan fingerprint density at radius 1 is 1.09 bits per heavy atom. The molecule has 57 valence electrons. The Morgan fingerprint density at radius 3 is 2.09 bits per heavy atom. The van der Waals surface area contributed by atoms with Crippen molar-refractivity contribution in [1.82, 2.24) is 0 Å². The first-order valence-electron chi connectivity index (χ1n) is 3.85. The van der Waals surface area contributed by atoms with Gasteiger partial charge in [0, 0.05) is 20.0 Å². The van der Waals surface area contributed by atoms with Crippen molar-refractivity contribution in [3.8, 4) is 0 Å². The summed E-state index contributed by atoms with van der Waals surface area (Å²) in [6.07, 6.45) is 3.20. The van der Waals surface area contributed by atoms with Gasteiger partial charge >= 0.3 is 0 Å². The Labute approximate surface area is 67.0 Å². The van der Waals surface area contributed by atoms with Crippen LogP contribution in [-0.4, -0.2) is 7.11 Å². The number of benzene rings is 1. The van der Waals surface area contributed by atoms with Crippen LogP contribution in [0, 0.1) is 6.10 Å². The fourth-order valence-electron chi connectivity index (χ4n) is 1.53.